The third-order valence-electron chi connectivity index (χ3n) is 10.9. The van der Waals surface area contributed by atoms with Crippen LogP contribution in [-0.2, 0) is 0 Å². The summed E-state index contributed by atoms with van der Waals surface area (Å²) in [6.07, 6.45) is 25.1. The van der Waals surface area contributed by atoms with Crippen LogP contribution in [-0.4, -0.2) is 0 Å². The standard InChI is InChI=1S/C32H52/c1-23(11-9-19-31(5)17-7-8-18-31)29-15-16-30-28(12-10-20-32(29,30)6)14-13-27-21-24(2)26(4)25(3)22-27/h13-14,23-25,29-30H,4,7-12,15-22H2,1-3,5-6H3/b28-14+/t23-,24+,25+,29?,30?,32+/m0/s1. The molecule has 4 saturated carbocycles. The Hall–Kier alpha value is -0.780. The molecular formula is C32H52. The second-order valence-corrected chi connectivity index (χ2v) is 13.3. The van der Waals surface area contributed by atoms with Gasteiger partial charge in [0.05, 0.1) is 0 Å². The number of rotatable bonds is 6. The molecule has 0 bridgehead atoms. The average molecular weight is 437 g/mol. The summed E-state index contributed by atoms with van der Waals surface area (Å²) in [6, 6.07) is 0. The molecule has 0 heterocycles. The Morgan fingerprint density at radius 3 is 2.34 bits per heavy atom. The quantitative estimate of drug-likeness (QED) is 0.363. The average Bonchev–Trinajstić information content (AvgIpc) is 3.33. The van der Waals surface area contributed by atoms with Crippen molar-refractivity contribution in [1.82, 2.24) is 0 Å². The molecule has 4 aliphatic rings. The molecular weight excluding hydrogens is 384 g/mol. The van der Waals surface area contributed by atoms with Crippen LogP contribution in [0.1, 0.15) is 125 Å². The van der Waals surface area contributed by atoms with E-state index in [9.17, 15) is 0 Å². The second kappa shape index (κ2) is 9.84. The van der Waals surface area contributed by atoms with Crippen molar-refractivity contribution >= 4 is 0 Å². The zero-order chi connectivity index (χ0) is 22.9. The van der Waals surface area contributed by atoms with Crippen LogP contribution in [0.2, 0.25) is 0 Å². The summed E-state index contributed by atoms with van der Waals surface area (Å²) in [4.78, 5) is 0. The fourth-order valence-corrected chi connectivity index (χ4v) is 8.72. The topological polar surface area (TPSA) is 0 Å². The van der Waals surface area contributed by atoms with Gasteiger partial charge in [-0.15, -0.1) is 0 Å². The van der Waals surface area contributed by atoms with Gasteiger partial charge in [-0.3, -0.25) is 0 Å². The van der Waals surface area contributed by atoms with Crippen LogP contribution < -0.4 is 0 Å². The zero-order valence-corrected chi connectivity index (χ0v) is 22.1. The molecule has 4 aliphatic carbocycles. The molecule has 0 spiro atoms. The van der Waals surface area contributed by atoms with E-state index in [1.807, 2.05) is 0 Å². The van der Waals surface area contributed by atoms with Crippen LogP contribution in [0.4, 0.5) is 0 Å². The lowest BCUT2D eigenvalue weighted by atomic mass is 9.60. The summed E-state index contributed by atoms with van der Waals surface area (Å²) in [5.74, 6) is 4.00. The van der Waals surface area contributed by atoms with Crippen LogP contribution in [0.15, 0.2) is 35.5 Å². The van der Waals surface area contributed by atoms with Gasteiger partial charge in [-0.1, -0.05) is 95.8 Å². The van der Waals surface area contributed by atoms with Crippen LogP contribution in [0.25, 0.3) is 0 Å². The Bertz CT molecular complexity index is 713. The molecule has 0 N–H and O–H groups in total. The van der Waals surface area contributed by atoms with Crippen molar-refractivity contribution in [2.24, 2.45) is 40.4 Å². The fraction of sp³-hybridized carbons (Fsp3) is 0.812. The lowest BCUT2D eigenvalue weighted by molar-refractivity contribution is 0.0915. The molecule has 0 aromatic carbocycles. The van der Waals surface area contributed by atoms with E-state index >= 15 is 0 Å². The maximum atomic E-state index is 4.34. The summed E-state index contributed by atoms with van der Waals surface area (Å²) in [5.41, 5.74) is 6.16. The Labute approximate surface area is 200 Å². The number of hydrogen-bond donors (Lipinski definition) is 0. The van der Waals surface area contributed by atoms with E-state index in [-0.39, 0.29) is 0 Å². The molecule has 0 aromatic heterocycles. The minimum atomic E-state index is 0.556. The Balaban J connectivity index is 1.38. The normalized spacial score (nSPS) is 39.3. The molecule has 6 atom stereocenters. The van der Waals surface area contributed by atoms with Gasteiger partial charge in [0, 0.05) is 0 Å². The number of allylic oxidation sites excluding steroid dienone is 5. The second-order valence-electron chi connectivity index (χ2n) is 13.3. The van der Waals surface area contributed by atoms with Crippen molar-refractivity contribution in [2.75, 3.05) is 0 Å². The number of hydrogen-bond acceptors (Lipinski definition) is 0. The molecule has 0 aromatic rings. The first-order valence-electron chi connectivity index (χ1n) is 14.3. The van der Waals surface area contributed by atoms with E-state index in [0.717, 1.165) is 17.8 Å². The van der Waals surface area contributed by atoms with Crippen molar-refractivity contribution in [3.05, 3.63) is 35.5 Å². The monoisotopic (exact) mass is 436 g/mol. The highest BCUT2D eigenvalue weighted by atomic mass is 14.5. The van der Waals surface area contributed by atoms with Crippen molar-refractivity contribution in [3.63, 3.8) is 0 Å². The van der Waals surface area contributed by atoms with Gasteiger partial charge in [0.2, 0.25) is 0 Å². The van der Waals surface area contributed by atoms with Crippen LogP contribution >= 0.6 is 0 Å². The lowest BCUT2D eigenvalue weighted by Gasteiger charge is -2.44. The van der Waals surface area contributed by atoms with E-state index in [1.54, 1.807) is 11.1 Å². The molecule has 32 heavy (non-hydrogen) atoms. The molecule has 4 rings (SSSR count). The van der Waals surface area contributed by atoms with Crippen molar-refractivity contribution in [1.29, 1.82) is 0 Å². The minimum Gasteiger partial charge on any atom is -0.0993 e. The maximum Gasteiger partial charge on any atom is -0.0143 e. The van der Waals surface area contributed by atoms with Gasteiger partial charge in [0.25, 0.3) is 0 Å². The SMILES string of the molecule is C=C1[C@H](C)CC(=C/C=C2\CCC[C@@]3(C)C2CCC3[C@@H](C)CCCC2(C)CCCC2)C[C@H]1C. The molecule has 2 unspecified atom stereocenters. The van der Waals surface area contributed by atoms with Crippen molar-refractivity contribution < 1.29 is 0 Å². The molecule has 0 saturated heterocycles. The third kappa shape index (κ3) is 5.00. The Morgan fingerprint density at radius 2 is 1.66 bits per heavy atom. The molecule has 180 valence electrons. The highest BCUT2D eigenvalue weighted by Crippen LogP contribution is 2.60. The van der Waals surface area contributed by atoms with Gasteiger partial charge in [-0.25, -0.2) is 0 Å². The molecule has 0 heteroatoms. The first kappa shape index (κ1) is 24.3. The Morgan fingerprint density at radius 1 is 0.969 bits per heavy atom. The van der Waals surface area contributed by atoms with E-state index in [4.69, 9.17) is 0 Å². The molecule has 0 radical (unpaired) electrons. The van der Waals surface area contributed by atoms with Gasteiger partial charge in [0.1, 0.15) is 0 Å². The van der Waals surface area contributed by atoms with E-state index in [0.29, 0.717) is 22.7 Å². The lowest BCUT2D eigenvalue weighted by Crippen LogP contribution is -2.36. The van der Waals surface area contributed by atoms with Gasteiger partial charge in [-0.2, -0.15) is 0 Å². The molecule has 4 fully saturated rings. The number of fused-ring (bicyclic) bond motifs is 1. The molecule has 0 nitrogen and oxygen atoms in total. The van der Waals surface area contributed by atoms with E-state index < -0.39 is 0 Å². The first-order valence-corrected chi connectivity index (χ1v) is 14.3. The fourth-order valence-electron chi connectivity index (χ4n) is 8.72. The predicted octanol–water partition coefficient (Wildman–Crippen LogP) is 10.1. The largest absolute Gasteiger partial charge is 0.0993 e. The first-order chi connectivity index (χ1) is 15.2. The van der Waals surface area contributed by atoms with E-state index in [1.165, 1.54) is 95.5 Å². The summed E-state index contributed by atoms with van der Waals surface area (Å²) in [6.45, 7) is 16.9. The van der Waals surface area contributed by atoms with Gasteiger partial charge < -0.3 is 0 Å². The summed E-state index contributed by atoms with van der Waals surface area (Å²) >= 11 is 0. The maximum absolute atomic E-state index is 4.34. The highest BCUT2D eigenvalue weighted by molar-refractivity contribution is 5.28. The van der Waals surface area contributed by atoms with Crippen LogP contribution in [0.3, 0.4) is 0 Å². The van der Waals surface area contributed by atoms with Gasteiger partial charge >= 0.3 is 0 Å². The molecule has 0 amide bonds. The molecule has 0 aliphatic heterocycles. The Kier molecular flexibility index (Phi) is 7.48. The van der Waals surface area contributed by atoms with Crippen molar-refractivity contribution in [3.8, 4) is 0 Å². The smallest absolute Gasteiger partial charge is 0.0143 e. The van der Waals surface area contributed by atoms with Gasteiger partial charge in [0.15, 0.2) is 0 Å². The van der Waals surface area contributed by atoms with Crippen molar-refractivity contribution in [2.45, 2.75) is 125 Å². The summed E-state index contributed by atoms with van der Waals surface area (Å²) < 4.78 is 0. The van der Waals surface area contributed by atoms with Crippen LogP contribution in [0, 0.1) is 40.4 Å². The zero-order valence-electron chi connectivity index (χ0n) is 22.1. The van der Waals surface area contributed by atoms with Gasteiger partial charge in [-0.05, 0) is 105 Å². The highest BCUT2D eigenvalue weighted by Gasteiger charge is 2.50. The predicted molar refractivity (Wildman–Crippen MR) is 141 cm³/mol. The summed E-state index contributed by atoms with van der Waals surface area (Å²) in [7, 11) is 0. The van der Waals surface area contributed by atoms with Crippen LogP contribution in [0.5, 0.6) is 0 Å². The summed E-state index contributed by atoms with van der Waals surface area (Å²) in [5, 5.41) is 0. The van der Waals surface area contributed by atoms with E-state index in [2.05, 4.69) is 53.3 Å². The minimum absolute atomic E-state index is 0.556. The third-order valence-corrected chi connectivity index (χ3v) is 10.9.